The lowest BCUT2D eigenvalue weighted by molar-refractivity contribution is 0.0315. The van der Waals surface area contributed by atoms with Crippen LogP contribution in [0.25, 0.3) is 0 Å². The summed E-state index contributed by atoms with van der Waals surface area (Å²) < 4.78 is 5.42. The fourth-order valence-electron chi connectivity index (χ4n) is 1.49. The second-order valence-corrected chi connectivity index (χ2v) is 4.17. The molecule has 82 valence electrons. The summed E-state index contributed by atoms with van der Waals surface area (Å²) in [5.41, 5.74) is 7.13. The summed E-state index contributed by atoms with van der Waals surface area (Å²) in [5, 5.41) is 9.80. The van der Waals surface area contributed by atoms with Gasteiger partial charge in [0.2, 0.25) is 0 Å². The Hall–Kier alpha value is -1.06. The number of nitrogen functional groups attached to an aromatic ring is 1. The lowest BCUT2D eigenvalue weighted by Crippen LogP contribution is -2.09. The predicted octanol–water partition coefficient (Wildman–Crippen LogP) is 1.73. The van der Waals surface area contributed by atoms with Gasteiger partial charge in [0, 0.05) is 12.3 Å². The van der Waals surface area contributed by atoms with Crippen molar-refractivity contribution in [1.82, 2.24) is 0 Å². The van der Waals surface area contributed by atoms with E-state index in [2.05, 4.69) is 0 Å². The highest BCUT2D eigenvalue weighted by Gasteiger charge is 2.21. The van der Waals surface area contributed by atoms with Gasteiger partial charge in [-0.05, 0) is 36.5 Å². The Labute approximate surface area is 89.9 Å². The highest BCUT2D eigenvalue weighted by Crippen LogP contribution is 2.29. The van der Waals surface area contributed by atoms with Crippen LogP contribution in [0.3, 0.4) is 0 Å². The fraction of sp³-hybridized carbons (Fsp3) is 0.500. The Kier molecular flexibility index (Phi) is 3.23. The quantitative estimate of drug-likeness (QED) is 0.723. The first-order valence-electron chi connectivity index (χ1n) is 5.37. The Morgan fingerprint density at radius 3 is 2.93 bits per heavy atom. The normalized spacial score (nSPS) is 17.7. The first-order valence-corrected chi connectivity index (χ1v) is 5.37. The third-order valence-corrected chi connectivity index (χ3v) is 2.62. The van der Waals surface area contributed by atoms with Gasteiger partial charge in [-0.1, -0.05) is 12.1 Å². The van der Waals surface area contributed by atoms with Crippen LogP contribution in [0.15, 0.2) is 24.3 Å². The Balaban J connectivity index is 1.80. The van der Waals surface area contributed by atoms with Gasteiger partial charge in [0.25, 0.3) is 0 Å². The second kappa shape index (κ2) is 4.64. The minimum Gasteiger partial charge on any atom is -0.399 e. The van der Waals surface area contributed by atoms with Crippen molar-refractivity contribution in [2.45, 2.75) is 18.9 Å². The molecule has 0 aromatic heterocycles. The number of rotatable bonds is 5. The lowest BCUT2D eigenvalue weighted by atomic mass is 10.1. The molecule has 0 aliphatic heterocycles. The molecule has 0 saturated heterocycles. The summed E-state index contributed by atoms with van der Waals surface area (Å²) in [6.07, 6.45) is 1.98. The topological polar surface area (TPSA) is 55.5 Å². The van der Waals surface area contributed by atoms with Crippen molar-refractivity contribution in [2.24, 2.45) is 5.92 Å². The summed E-state index contributed by atoms with van der Waals surface area (Å²) in [6, 6.07) is 7.29. The first kappa shape index (κ1) is 10.5. The molecule has 1 unspecified atom stereocenters. The van der Waals surface area contributed by atoms with Crippen LogP contribution in [-0.2, 0) is 4.74 Å². The molecule has 3 N–H and O–H groups in total. The lowest BCUT2D eigenvalue weighted by Gasteiger charge is -2.11. The van der Waals surface area contributed by atoms with E-state index in [4.69, 9.17) is 10.5 Å². The predicted molar refractivity (Wildman–Crippen MR) is 59.4 cm³/mol. The van der Waals surface area contributed by atoms with E-state index in [1.807, 2.05) is 12.1 Å². The number of hydrogen-bond donors (Lipinski definition) is 2. The molecule has 1 aliphatic rings. The number of benzene rings is 1. The van der Waals surface area contributed by atoms with Gasteiger partial charge in [0.1, 0.15) is 6.10 Å². The third kappa shape index (κ3) is 3.22. The summed E-state index contributed by atoms with van der Waals surface area (Å²) in [7, 11) is 0. The van der Waals surface area contributed by atoms with Crippen LogP contribution < -0.4 is 5.73 Å². The molecule has 1 atom stereocenters. The first-order chi connectivity index (χ1) is 7.25. The van der Waals surface area contributed by atoms with Crippen LogP contribution in [0, 0.1) is 5.92 Å². The van der Waals surface area contributed by atoms with E-state index >= 15 is 0 Å². The minimum absolute atomic E-state index is 0.361. The maximum absolute atomic E-state index is 9.80. The van der Waals surface area contributed by atoms with Crippen LogP contribution in [0.2, 0.25) is 0 Å². The molecule has 0 radical (unpaired) electrons. The molecule has 15 heavy (non-hydrogen) atoms. The van der Waals surface area contributed by atoms with Gasteiger partial charge in [-0.2, -0.15) is 0 Å². The summed E-state index contributed by atoms with van der Waals surface area (Å²) in [4.78, 5) is 0. The standard InChI is InChI=1S/C12H17NO2/c13-11-3-1-2-10(6-11)12(14)8-15-7-9-4-5-9/h1-3,6,9,12,14H,4-5,7-8,13H2. The average molecular weight is 207 g/mol. The average Bonchev–Trinajstić information content (AvgIpc) is 3.01. The molecule has 0 amide bonds. The molecule has 3 heteroatoms. The van der Waals surface area contributed by atoms with Crippen molar-refractivity contribution in [3.63, 3.8) is 0 Å². The van der Waals surface area contributed by atoms with Crippen LogP contribution >= 0.6 is 0 Å². The molecule has 1 saturated carbocycles. The number of aliphatic hydroxyl groups is 1. The summed E-state index contributed by atoms with van der Waals surface area (Å²) in [5.74, 6) is 0.734. The van der Waals surface area contributed by atoms with Crippen LogP contribution in [0.4, 0.5) is 5.69 Å². The van der Waals surface area contributed by atoms with Crippen LogP contribution in [0.1, 0.15) is 24.5 Å². The molecule has 1 aliphatic carbocycles. The molecule has 0 heterocycles. The molecule has 3 nitrogen and oxygen atoms in total. The van der Waals surface area contributed by atoms with Crippen molar-refractivity contribution in [1.29, 1.82) is 0 Å². The Morgan fingerprint density at radius 2 is 2.27 bits per heavy atom. The van der Waals surface area contributed by atoms with E-state index in [-0.39, 0.29) is 0 Å². The molecular weight excluding hydrogens is 190 g/mol. The number of hydrogen-bond acceptors (Lipinski definition) is 3. The maximum Gasteiger partial charge on any atom is 0.102 e. The molecule has 0 spiro atoms. The van der Waals surface area contributed by atoms with E-state index in [1.54, 1.807) is 12.1 Å². The van der Waals surface area contributed by atoms with Crippen molar-refractivity contribution in [3.05, 3.63) is 29.8 Å². The minimum atomic E-state index is -0.563. The molecule has 1 aromatic carbocycles. The maximum atomic E-state index is 9.80. The van der Waals surface area contributed by atoms with Gasteiger partial charge in [-0.3, -0.25) is 0 Å². The van der Waals surface area contributed by atoms with Gasteiger partial charge in [-0.15, -0.1) is 0 Å². The molecule has 2 rings (SSSR count). The summed E-state index contributed by atoms with van der Waals surface area (Å²) >= 11 is 0. The SMILES string of the molecule is Nc1cccc(C(O)COCC2CC2)c1. The van der Waals surface area contributed by atoms with E-state index in [9.17, 15) is 5.11 Å². The molecular formula is C12H17NO2. The van der Waals surface area contributed by atoms with E-state index in [0.717, 1.165) is 18.1 Å². The highest BCUT2D eigenvalue weighted by molar-refractivity contribution is 5.41. The zero-order valence-electron chi connectivity index (χ0n) is 8.73. The third-order valence-electron chi connectivity index (χ3n) is 2.62. The number of nitrogens with two attached hydrogens (primary N) is 1. The number of aliphatic hydroxyl groups excluding tert-OH is 1. The zero-order chi connectivity index (χ0) is 10.7. The van der Waals surface area contributed by atoms with Crippen molar-refractivity contribution >= 4 is 5.69 Å². The van der Waals surface area contributed by atoms with Gasteiger partial charge >= 0.3 is 0 Å². The van der Waals surface area contributed by atoms with Crippen LogP contribution in [-0.4, -0.2) is 18.3 Å². The Morgan fingerprint density at radius 1 is 1.47 bits per heavy atom. The van der Waals surface area contributed by atoms with Crippen molar-refractivity contribution in [3.8, 4) is 0 Å². The molecule has 1 fully saturated rings. The van der Waals surface area contributed by atoms with E-state index < -0.39 is 6.10 Å². The van der Waals surface area contributed by atoms with Gasteiger partial charge in [0.05, 0.1) is 6.61 Å². The number of ether oxygens (including phenoxy) is 1. The van der Waals surface area contributed by atoms with Gasteiger partial charge < -0.3 is 15.6 Å². The molecule has 0 bridgehead atoms. The smallest absolute Gasteiger partial charge is 0.102 e. The monoisotopic (exact) mass is 207 g/mol. The van der Waals surface area contributed by atoms with Crippen LogP contribution in [0.5, 0.6) is 0 Å². The van der Waals surface area contributed by atoms with E-state index in [1.165, 1.54) is 12.8 Å². The van der Waals surface area contributed by atoms with Gasteiger partial charge in [0.15, 0.2) is 0 Å². The fourth-order valence-corrected chi connectivity index (χ4v) is 1.49. The van der Waals surface area contributed by atoms with Crippen molar-refractivity contribution in [2.75, 3.05) is 18.9 Å². The van der Waals surface area contributed by atoms with E-state index in [0.29, 0.717) is 12.3 Å². The summed E-state index contributed by atoms with van der Waals surface area (Å²) in [6.45, 7) is 1.14. The largest absolute Gasteiger partial charge is 0.399 e. The highest BCUT2D eigenvalue weighted by atomic mass is 16.5. The molecule has 1 aromatic rings. The Bertz CT molecular complexity index is 323. The van der Waals surface area contributed by atoms with Crippen molar-refractivity contribution < 1.29 is 9.84 Å². The van der Waals surface area contributed by atoms with Gasteiger partial charge in [-0.25, -0.2) is 0 Å². The number of anilines is 1. The zero-order valence-corrected chi connectivity index (χ0v) is 8.73. The second-order valence-electron chi connectivity index (χ2n) is 4.17.